The first kappa shape index (κ1) is 29.7. The molecule has 0 radical (unpaired) electrons. The second-order valence-corrected chi connectivity index (χ2v) is 8.39. The van der Waals surface area contributed by atoms with Gasteiger partial charge in [0, 0.05) is 17.7 Å². The Morgan fingerprint density at radius 3 is 2.05 bits per heavy atom. The summed E-state index contributed by atoms with van der Waals surface area (Å²) < 4.78 is 0. The smallest absolute Gasteiger partial charge is 0.326 e. The molecule has 2 aromatic rings. The molecule has 13 heteroatoms. The van der Waals surface area contributed by atoms with Gasteiger partial charge in [0.1, 0.15) is 18.6 Å². The van der Waals surface area contributed by atoms with E-state index in [1.54, 1.807) is 30.4 Å². The molecule has 12 nitrogen and oxygen atoms in total. The summed E-state index contributed by atoms with van der Waals surface area (Å²) in [5.41, 5.74) is 1.54. The Balaban J connectivity index is 1.92. The van der Waals surface area contributed by atoms with Crippen LogP contribution in [-0.4, -0.2) is 74.5 Å². The topological polar surface area (TPSA) is 202 Å². The van der Waals surface area contributed by atoms with Crippen LogP contribution in [0.3, 0.4) is 0 Å². The number of hydrogen-bond acceptors (Lipinski definition) is 8. The molecule has 0 aromatic heterocycles. The van der Waals surface area contributed by atoms with E-state index in [0.29, 0.717) is 11.1 Å². The molecule has 0 saturated carbocycles. The summed E-state index contributed by atoms with van der Waals surface area (Å²) in [4.78, 5) is 58.8. The predicted octanol–water partition coefficient (Wildman–Crippen LogP) is 0.847. The average Bonchev–Trinajstić information content (AvgIpc) is 2.88. The van der Waals surface area contributed by atoms with Crippen molar-refractivity contribution in [2.45, 2.75) is 24.9 Å². The van der Waals surface area contributed by atoms with Crippen molar-refractivity contribution >= 4 is 54.4 Å². The quantitative estimate of drug-likeness (QED) is 0.102. The van der Waals surface area contributed by atoms with Crippen LogP contribution in [0.1, 0.15) is 34.3 Å². The van der Waals surface area contributed by atoms with Crippen molar-refractivity contribution in [1.29, 1.82) is 0 Å². The molecule has 0 heterocycles. The number of carbonyl (C=O) groups is 5. The van der Waals surface area contributed by atoms with Gasteiger partial charge in [0.25, 0.3) is 5.91 Å². The fourth-order valence-electron chi connectivity index (χ4n) is 3.10. The number of carboxylic acid groups (broad SMARTS) is 2. The first-order valence-corrected chi connectivity index (χ1v) is 11.9. The molecular formula is C25H27N3O9S. The molecular weight excluding hydrogens is 518 g/mol. The van der Waals surface area contributed by atoms with Gasteiger partial charge < -0.3 is 36.4 Å². The number of benzene rings is 2. The van der Waals surface area contributed by atoms with E-state index in [2.05, 4.69) is 28.6 Å². The van der Waals surface area contributed by atoms with Gasteiger partial charge in [-0.1, -0.05) is 30.4 Å². The first-order chi connectivity index (χ1) is 18.0. The Hall–Kier alpha value is -4.52. The van der Waals surface area contributed by atoms with Gasteiger partial charge in [0.15, 0.2) is 11.5 Å². The molecule has 202 valence electrons. The van der Waals surface area contributed by atoms with Crippen LogP contribution in [0.5, 0.6) is 11.5 Å². The van der Waals surface area contributed by atoms with Crippen LogP contribution < -0.4 is 16.0 Å². The highest BCUT2D eigenvalue weighted by Crippen LogP contribution is 2.25. The number of phenols is 2. The van der Waals surface area contributed by atoms with E-state index in [4.69, 9.17) is 5.11 Å². The Morgan fingerprint density at radius 1 is 0.842 bits per heavy atom. The summed E-state index contributed by atoms with van der Waals surface area (Å²) in [5, 5.41) is 43.8. The molecule has 2 aromatic carbocycles. The van der Waals surface area contributed by atoms with Crippen molar-refractivity contribution < 1.29 is 44.4 Å². The van der Waals surface area contributed by atoms with Gasteiger partial charge in [0.2, 0.25) is 11.8 Å². The maximum atomic E-state index is 12.5. The number of amides is 3. The van der Waals surface area contributed by atoms with Crippen LogP contribution in [0.25, 0.3) is 12.2 Å². The molecule has 0 aliphatic rings. The van der Waals surface area contributed by atoms with E-state index < -0.39 is 48.3 Å². The molecule has 0 aliphatic heterocycles. The van der Waals surface area contributed by atoms with Crippen molar-refractivity contribution in [2.75, 3.05) is 12.3 Å². The van der Waals surface area contributed by atoms with E-state index in [-0.39, 0.29) is 35.7 Å². The van der Waals surface area contributed by atoms with E-state index in [1.165, 1.54) is 24.3 Å². The molecule has 0 spiro atoms. The minimum absolute atomic E-state index is 0.112. The first-order valence-electron chi connectivity index (χ1n) is 11.2. The number of aliphatic carboxylic acids is 2. The van der Waals surface area contributed by atoms with Crippen molar-refractivity contribution in [3.63, 3.8) is 0 Å². The molecule has 2 atom stereocenters. The van der Waals surface area contributed by atoms with Crippen LogP contribution in [0, 0.1) is 0 Å². The van der Waals surface area contributed by atoms with Crippen LogP contribution in [-0.2, 0) is 19.2 Å². The van der Waals surface area contributed by atoms with Crippen LogP contribution in [0.4, 0.5) is 0 Å². The number of carbonyl (C=O) groups excluding carboxylic acids is 3. The molecule has 7 N–H and O–H groups in total. The van der Waals surface area contributed by atoms with Gasteiger partial charge in [-0.15, -0.1) is 0 Å². The van der Waals surface area contributed by atoms with Crippen molar-refractivity contribution in [3.8, 4) is 11.5 Å². The normalized spacial score (nSPS) is 12.3. The van der Waals surface area contributed by atoms with Gasteiger partial charge in [-0.25, -0.2) is 4.79 Å². The van der Waals surface area contributed by atoms with Gasteiger partial charge in [0.05, 0.1) is 0 Å². The summed E-state index contributed by atoms with van der Waals surface area (Å²) >= 11 is 3.95. The molecule has 2 unspecified atom stereocenters. The van der Waals surface area contributed by atoms with Crippen LogP contribution >= 0.6 is 12.6 Å². The standard InChI is InChI=1S/C25H27N3O9S/c29-19-9-5-15(11-20(19)30)2-1-14-3-6-16(7-4-14)23(34)28-17(25(36)37)8-10-21(31)27-18(13-38)24(35)26-12-22(32)33/h1-7,9,11,17-18,29-30,38H,8,10,12-13H2,(H,26,35)(H,27,31)(H,28,34)(H,32,33)(H,36,37)/b2-1+. The maximum absolute atomic E-state index is 12.5. The van der Waals surface area contributed by atoms with Crippen LogP contribution in [0.2, 0.25) is 0 Å². The van der Waals surface area contributed by atoms with Crippen molar-refractivity contribution in [3.05, 3.63) is 59.2 Å². The van der Waals surface area contributed by atoms with Crippen LogP contribution in [0.15, 0.2) is 42.5 Å². The number of thiol groups is 1. The largest absolute Gasteiger partial charge is 0.504 e. The fraction of sp³-hybridized carbons (Fsp3) is 0.240. The zero-order valence-electron chi connectivity index (χ0n) is 20.0. The zero-order valence-corrected chi connectivity index (χ0v) is 20.9. The van der Waals surface area contributed by atoms with Crippen molar-refractivity contribution in [1.82, 2.24) is 16.0 Å². The lowest BCUT2D eigenvalue weighted by Gasteiger charge is -2.17. The number of phenolic OH excluding ortho intramolecular Hbond substituents is 2. The van der Waals surface area contributed by atoms with Gasteiger partial charge >= 0.3 is 11.9 Å². The van der Waals surface area contributed by atoms with Crippen molar-refractivity contribution in [2.24, 2.45) is 0 Å². The zero-order chi connectivity index (χ0) is 28.2. The molecule has 0 bridgehead atoms. The SMILES string of the molecule is O=C(O)CNC(=O)C(CS)NC(=O)CCC(NC(=O)c1ccc(/C=C/c2ccc(O)c(O)c2)cc1)C(=O)O. The number of nitrogens with one attached hydrogen (secondary N) is 3. The highest BCUT2D eigenvalue weighted by molar-refractivity contribution is 7.80. The molecule has 0 saturated heterocycles. The Kier molecular flexibility index (Phi) is 11.2. The molecule has 2 rings (SSSR count). The fourth-order valence-corrected chi connectivity index (χ4v) is 3.36. The number of rotatable bonds is 13. The third-order valence-electron chi connectivity index (χ3n) is 5.15. The summed E-state index contributed by atoms with van der Waals surface area (Å²) in [6, 6.07) is 8.07. The third kappa shape index (κ3) is 9.50. The second kappa shape index (κ2) is 14.3. The number of carboxylic acids is 2. The van der Waals surface area contributed by atoms with Gasteiger partial charge in [-0.05, 0) is 41.8 Å². The number of aromatic hydroxyl groups is 2. The average molecular weight is 546 g/mol. The summed E-state index contributed by atoms with van der Waals surface area (Å²) in [5.74, 6) is -5.31. The Labute approximate surface area is 222 Å². The monoisotopic (exact) mass is 545 g/mol. The van der Waals surface area contributed by atoms with E-state index >= 15 is 0 Å². The minimum Gasteiger partial charge on any atom is -0.504 e. The lowest BCUT2D eigenvalue weighted by atomic mass is 10.1. The summed E-state index contributed by atoms with van der Waals surface area (Å²) in [6.07, 6.45) is 2.81. The van der Waals surface area contributed by atoms with Gasteiger partial charge in [-0.2, -0.15) is 12.6 Å². The highest BCUT2D eigenvalue weighted by atomic mass is 32.1. The summed E-state index contributed by atoms with van der Waals surface area (Å²) in [7, 11) is 0. The van der Waals surface area contributed by atoms with Gasteiger partial charge in [-0.3, -0.25) is 19.2 Å². The third-order valence-corrected chi connectivity index (χ3v) is 5.52. The predicted molar refractivity (Wildman–Crippen MR) is 140 cm³/mol. The lowest BCUT2D eigenvalue weighted by molar-refractivity contribution is -0.139. The molecule has 3 amide bonds. The van der Waals surface area contributed by atoms with E-state index in [1.807, 2.05) is 0 Å². The molecule has 0 fully saturated rings. The van der Waals surface area contributed by atoms with E-state index in [9.17, 15) is 39.3 Å². The Bertz CT molecular complexity index is 1220. The molecule has 38 heavy (non-hydrogen) atoms. The maximum Gasteiger partial charge on any atom is 0.326 e. The Morgan fingerprint density at radius 2 is 1.47 bits per heavy atom. The van der Waals surface area contributed by atoms with E-state index in [0.717, 1.165) is 0 Å². The highest BCUT2D eigenvalue weighted by Gasteiger charge is 2.24. The number of hydrogen-bond donors (Lipinski definition) is 8. The minimum atomic E-state index is -1.38. The second-order valence-electron chi connectivity index (χ2n) is 8.02. The molecule has 0 aliphatic carbocycles. The summed E-state index contributed by atoms with van der Waals surface area (Å²) in [6.45, 7) is -0.633. The lowest BCUT2D eigenvalue weighted by Crippen LogP contribution is -2.49.